The van der Waals surface area contributed by atoms with Crippen LogP contribution in [0.25, 0.3) is 0 Å². The van der Waals surface area contributed by atoms with Crippen molar-refractivity contribution in [2.24, 2.45) is 0 Å². The van der Waals surface area contributed by atoms with E-state index in [1.165, 1.54) is 18.8 Å². The molecule has 1 aromatic rings. The highest BCUT2D eigenvalue weighted by molar-refractivity contribution is 7.99. The van der Waals surface area contributed by atoms with E-state index in [9.17, 15) is 4.79 Å². The van der Waals surface area contributed by atoms with E-state index in [0.29, 0.717) is 11.9 Å². The Balaban J connectivity index is 1.93. The minimum atomic E-state index is -1.05. The Bertz CT molecular complexity index is 396. The van der Waals surface area contributed by atoms with Crippen LogP contribution in [0, 0.1) is 0 Å². The zero-order valence-electron chi connectivity index (χ0n) is 9.59. The fourth-order valence-corrected chi connectivity index (χ4v) is 2.80. The summed E-state index contributed by atoms with van der Waals surface area (Å²) in [5, 5.41) is 12.7. The van der Waals surface area contributed by atoms with Crippen molar-refractivity contribution in [3.05, 3.63) is 18.1 Å². The van der Waals surface area contributed by atoms with Gasteiger partial charge in [0.05, 0.1) is 12.4 Å². The Hall–Kier alpha value is -1.30. The van der Waals surface area contributed by atoms with E-state index in [1.807, 2.05) is 11.8 Å². The first kappa shape index (κ1) is 12.2. The van der Waals surface area contributed by atoms with E-state index in [0.717, 1.165) is 18.1 Å². The second kappa shape index (κ2) is 5.35. The highest BCUT2D eigenvalue weighted by Crippen LogP contribution is 2.29. The molecule has 2 rings (SSSR count). The maximum Gasteiger partial charge on any atom is 0.356 e. The van der Waals surface area contributed by atoms with Crippen molar-refractivity contribution >= 4 is 23.5 Å². The number of aromatic nitrogens is 2. The Morgan fingerprint density at radius 1 is 1.47 bits per heavy atom. The van der Waals surface area contributed by atoms with Crippen LogP contribution >= 0.6 is 11.8 Å². The Labute approximate surface area is 104 Å². The van der Waals surface area contributed by atoms with Crippen LogP contribution in [0.3, 0.4) is 0 Å². The number of aromatic carboxylic acids is 1. The summed E-state index contributed by atoms with van der Waals surface area (Å²) in [4.78, 5) is 18.5. The lowest BCUT2D eigenvalue weighted by atomic mass is 10.2. The molecule has 2 atom stereocenters. The molecular weight excluding hydrogens is 238 g/mol. The summed E-state index contributed by atoms with van der Waals surface area (Å²) in [5.41, 5.74) is -0.0241. The number of anilines is 1. The molecule has 92 valence electrons. The van der Waals surface area contributed by atoms with Crippen molar-refractivity contribution in [3.63, 3.8) is 0 Å². The van der Waals surface area contributed by atoms with Crippen molar-refractivity contribution in [2.45, 2.75) is 30.6 Å². The third-order valence-corrected chi connectivity index (χ3v) is 4.04. The average Bonchev–Trinajstić information content (AvgIpc) is 2.77. The van der Waals surface area contributed by atoms with Gasteiger partial charge in [-0.3, -0.25) is 0 Å². The van der Waals surface area contributed by atoms with Gasteiger partial charge in [0.15, 0.2) is 5.69 Å². The maximum atomic E-state index is 10.6. The van der Waals surface area contributed by atoms with E-state index in [2.05, 4.69) is 21.5 Å². The summed E-state index contributed by atoms with van der Waals surface area (Å²) in [7, 11) is 0. The number of thioether (sulfide) groups is 1. The van der Waals surface area contributed by atoms with Crippen molar-refractivity contribution < 1.29 is 9.90 Å². The molecule has 1 aliphatic rings. The van der Waals surface area contributed by atoms with Gasteiger partial charge in [0.25, 0.3) is 0 Å². The molecule has 0 saturated heterocycles. The van der Waals surface area contributed by atoms with Crippen LogP contribution in [0.1, 0.15) is 29.8 Å². The van der Waals surface area contributed by atoms with Crippen LogP contribution in [0.5, 0.6) is 0 Å². The second-order valence-corrected chi connectivity index (χ2v) is 5.24. The topological polar surface area (TPSA) is 75.1 Å². The maximum absolute atomic E-state index is 10.6. The normalized spacial score (nSPS) is 23.6. The Kier molecular flexibility index (Phi) is 3.83. The minimum absolute atomic E-state index is 0.0241. The van der Waals surface area contributed by atoms with Gasteiger partial charge in [0.1, 0.15) is 5.82 Å². The summed E-state index contributed by atoms with van der Waals surface area (Å²) < 4.78 is 0. The lowest BCUT2D eigenvalue weighted by molar-refractivity contribution is 0.0690. The van der Waals surface area contributed by atoms with Gasteiger partial charge in [-0.2, -0.15) is 11.8 Å². The molecule has 1 aliphatic carbocycles. The number of hydrogen-bond acceptors (Lipinski definition) is 5. The number of carboxylic acid groups (broad SMARTS) is 1. The summed E-state index contributed by atoms with van der Waals surface area (Å²) in [5.74, 6) is -0.394. The third-order valence-electron chi connectivity index (χ3n) is 2.94. The van der Waals surface area contributed by atoms with Crippen LogP contribution in [0.15, 0.2) is 12.4 Å². The molecule has 0 bridgehead atoms. The number of rotatable bonds is 4. The van der Waals surface area contributed by atoms with Crippen molar-refractivity contribution in [1.29, 1.82) is 0 Å². The number of nitrogens with one attached hydrogen (secondary N) is 1. The van der Waals surface area contributed by atoms with Gasteiger partial charge in [-0.25, -0.2) is 14.8 Å². The van der Waals surface area contributed by atoms with E-state index >= 15 is 0 Å². The van der Waals surface area contributed by atoms with Gasteiger partial charge in [-0.05, 0) is 25.5 Å². The average molecular weight is 253 g/mol. The van der Waals surface area contributed by atoms with Gasteiger partial charge in [0.2, 0.25) is 0 Å². The molecule has 2 unspecified atom stereocenters. The zero-order valence-corrected chi connectivity index (χ0v) is 10.4. The second-order valence-electron chi connectivity index (χ2n) is 4.10. The number of hydrogen-bond donors (Lipinski definition) is 2. The van der Waals surface area contributed by atoms with Gasteiger partial charge >= 0.3 is 5.97 Å². The Morgan fingerprint density at radius 2 is 2.29 bits per heavy atom. The molecule has 0 spiro atoms. The third kappa shape index (κ3) is 3.09. The van der Waals surface area contributed by atoms with Gasteiger partial charge in [0, 0.05) is 11.3 Å². The van der Waals surface area contributed by atoms with Gasteiger partial charge in [-0.1, -0.05) is 0 Å². The summed E-state index contributed by atoms with van der Waals surface area (Å²) in [6.45, 7) is 0. The molecule has 1 saturated carbocycles. The molecule has 1 heterocycles. The molecule has 0 radical (unpaired) electrons. The molecule has 5 nitrogen and oxygen atoms in total. The first-order valence-corrected chi connectivity index (χ1v) is 6.82. The first-order chi connectivity index (χ1) is 8.19. The summed E-state index contributed by atoms with van der Waals surface area (Å²) >= 11 is 1.90. The highest BCUT2D eigenvalue weighted by Gasteiger charge is 2.23. The van der Waals surface area contributed by atoms with Gasteiger partial charge in [-0.15, -0.1) is 0 Å². The van der Waals surface area contributed by atoms with Gasteiger partial charge < -0.3 is 10.4 Å². The minimum Gasteiger partial charge on any atom is -0.476 e. The lowest BCUT2D eigenvalue weighted by Gasteiger charge is -2.12. The van der Waals surface area contributed by atoms with Crippen LogP contribution in [0.4, 0.5) is 5.82 Å². The molecule has 2 N–H and O–H groups in total. The van der Waals surface area contributed by atoms with Crippen molar-refractivity contribution in [2.75, 3.05) is 11.6 Å². The summed E-state index contributed by atoms with van der Waals surface area (Å²) in [6, 6.07) is 0.428. The summed E-state index contributed by atoms with van der Waals surface area (Å²) in [6.07, 6.45) is 8.38. The van der Waals surface area contributed by atoms with Crippen LogP contribution in [0.2, 0.25) is 0 Å². The quantitative estimate of drug-likeness (QED) is 0.853. The standard InChI is InChI=1S/C11H15N3O2S/c1-17-8-3-2-7(4-8)14-10-6-12-9(5-13-10)11(15)16/h5-8H,2-4H2,1H3,(H,13,14)(H,15,16). The van der Waals surface area contributed by atoms with Crippen LogP contribution in [-0.4, -0.2) is 38.6 Å². The zero-order chi connectivity index (χ0) is 12.3. The molecule has 1 fully saturated rings. The smallest absolute Gasteiger partial charge is 0.356 e. The van der Waals surface area contributed by atoms with E-state index < -0.39 is 5.97 Å². The molecule has 17 heavy (non-hydrogen) atoms. The SMILES string of the molecule is CSC1CCC(Nc2cnc(C(=O)O)cn2)C1. The number of carboxylic acids is 1. The fraction of sp³-hybridized carbons (Fsp3) is 0.545. The molecule has 0 aromatic carbocycles. The highest BCUT2D eigenvalue weighted by atomic mass is 32.2. The monoisotopic (exact) mass is 253 g/mol. The first-order valence-electron chi connectivity index (χ1n) is 5.53. The van der Waals surface area contributed by atoms with Crippen LogP contribution < -0.4 is 5.32 Å². The van der Waals surface area contributed by atoms with E-state index in [1.54, 1.807) is 0 Å². The van der Waals surface area contributed by atoms with Crippen molar-refractivity contribution in [1.82, 2.24) is 9.97 Å². The molecule has 6 heteroatoms. The lowest BCUT2D eigenvalue weighted by Crippen LogP contribution is -2.17. The fourth-order valence-electron chi connectivity index (χ4n) is 2.01. The van der Waals surface area contributed by atoms with Crippen molar-refractivity contribution in [3.8, 4) is 0 Å². The van der Waals surface area contributed by atoms with Crippen LogP contribution in [-0.2, 0) is 0 Å². The van der Waals surface area contributed by atoms with E-state index in [4.69, 9.17) is 5.11 Å². The Morgan fingerprint density at radius 3 is 2.82 bits per heavy atom. The largest absolute Gasteiger partial charge is 0.476 e. The molecule has 0 aliphatic heterocycles. The number of carbonyl (C=O) groups is 1. The number of nitrogens with zero attached hydrogens (tertiary/aromatic N) is 2. The predicted octanol–water partition coefficient (Wildman–Crippen LogP) is 1.87. The van der Waals surface area contributed by atoms with E-state index in [-0.39, 0.29) is 5.69 Å². The molecule has 0 amide bonds. The predicted molar refractivity (Wildman–Crippen MR) is 67.6 cm³/mol. The molecular formula is C11H15N3O2S. The molecule has 1 aromatic heterocycles.